The first-order chi connectivity index (χ1) is 17.3. The zero-order valence-corrected chi connectivity index (χ0v) is 21.0. The van der Waals surface area contributed by atoms with E-state index < -0.39 is 12.0 Å². The van der Waals surface area contributed by atoms with Crippen LogP contribution in [0.1, 0.15) is 53.2 Å². The third-order valence-corrected chi connectivity index (χ3v) is 6.88. The number of halogens is 1. The number of carboxylic acids is 1. The fourth-order valence-electron chi connectivity index (χ4n) is 5.01. The van der Waals surface area contributed by atoms with Gasteiger partial charge in [0.2, 0.25) is 0 Å². The molecular weight excluding hydrogens is 449 g/mol. The van der Waals surface area contributed by atoms with Gasteiger partial charge in [-0.05, 0) is 66.3 Å². The Labute approximate surface area is 212 Å². The standard InChI is InChI=1S/C32H32FNO2/c1-22-11-10-12-23(2)32(22)28-19-27(17-18-29(28)33)30(20-31(35)36)34(21-25-13-6-4-7-14-25)24(3)26-15-8-5-9-16-26/h4-19,24,30H,20-21H2,1-3H3,(H,35,36)/t24-,30+/m1/s1. The number of nitrogens with zero attached hydrogens (tertiary/aromatic N) is 1. The molecule has 0 aliphatic rings. The Morgan fingerprint density at radius 2 is 1.44 bits per heavy atom. The second-order valence-electron chi connectivity index (χ2n) is 9.36. The van der Waals surface area contributed by atoms with Crippen LogP contribution in [0.3, 0.4) is 0 Å². The number of hydrogen-bond acceptors (Lipinski definition) is 2. The second kappa shape index (κ2) is 11.3. The molecule has 4 aromatic rings. The molecule has 0 amide bonds. The van der Waals surface area contributed by atoms with Crippen LogP contribution in [0.15, 0.2) is 97.1 Å². The lowest BCUT2D eigenvalue weighted by molar-refractivity contribution is -0.138. The van der Waals surface area contributed by atoms with Crippen molar-refractivity contribution in [3.05, 3.63) is 131 Å². The van der Waals surface area contributed by atoms with E-state index in [1.165, 1.54) is 6.07 Å². The van der Waals surface area contributed by atoms with Crippen molar-refractivity contribution in [2.75, 3.05) is 0 Å². The van der Waals surface area contributed by atoms with Crippen LogP contribution < -0.4 is 0 Å². The van der Waals surface area contributed by atoms with Gasteiger partial charge in [-0.2, -0.15) is 0 Å². The summed E-state index contributed by atoms with van der Waals surface area (Å²) in [5.74, 6) is -1.20. The molecule has 2 atom stereocenters. The topological polar surface area (TPSA) is 40.5 Å². The van der Waals surface area contributed by atoms with Crippen molar-refractivity contribution < 1.29 is 14.3 Å². The lowest BCUT2D eigenvalue weighted by atomic mass is 9.91. The van der Waals surface area contributed by atoms with Crippen molar-refractivity contribution in [1.82, 2.24) is 4.90 Å². The van der Waals surface area contributed by atoms with Crippen LogP contribution in [0.25, 0.3) is 11.1 Å². The molecule has 36 heavy (non-hydrogen) atoms. The highest BCUT2D eigenvalue weighted by molar-refractivity contribution is 5.73. The minimum Gasteiger partial charge on any atom is -0.481 e. The molecule has 0 aliphatic heterocycles. The predicted octanol–water partition coefficient (Wildman–Crippen LogP) is 7.89. The quantitative estimate of drug-likeness (QED) is 0.264. The molecule has 0 saturated carbocycles. The number of carbonyl (C=O) groups is 1. The fraction of sp³-hybridized carbons (Fsp3) is 0.219. The summed E-state index contributed by atoms with van der Waals surface area (Å²) < 4.78 is 15.2. The largest absolute Gasteiger partial charge is 0.481 e. The summed E-state index contributed by atoms with van der Waals surface area (Å²) in [4.78, 5) is 14.3. The van der Waals surface area contributed by atoms with Crippen LogP contribution in [0.4, 0.5) is 4.39 Å². The van der Waals surface area contributed by atoms with E-state index in [4.69, 9.17) is 0 Å². The van der Waals surface area contributed by atoms with E-state index in [-0.39, 0.29) is 18.3 Å². The number of benzene rings is 4. The van der Waals surface area contributed by atoms with Crippen molar-refractivity contribution in [1.29, 1.82) is 0 Å². The summed E-state index contributed by atoms with van der Waals surface area (Å²) in [6.45, 7) is 6.61. The molecule has 0 aliphatic carbocycles. The molecule has 0 heterocycles. The first-order valence-corrected chi connectivity index (χ1v) is 12.3. The Morgan fingerprint density at radius 1 is 0.833 bits per heavy atom. The Hall–Kier alpha value is -3.76. The molecule has 4 heteroatoms. The summed E-state index contributed by atoms with van der Waals surface area (Å²) in [7, 11) is 0. The number of rotatable bonds is 9. The summed E-state index contributed by atoms with van der Waals surface area (Å²) >= 11 is 0. The zero-order valence-electron chi connectivity index (χ0n) is 21.0. The minimum absolute atomic E-state index is 0.0653. The van der Waals surface area contributed by atoms with Crippen molar-refractivity contribution in [3.63, 3.8) is 0 Å². The van der Waals surface area contributed by atoms with E-state index in [0.717, 1.165) is 33.4 Å². The lowest BCUT2D eigenvalue weighted by Gasteiger charge is -2.37. The number of hydrogen-bond donors (Lipinski definition) is 1. The van der Waals surface area contributed by atoms with Gasteiger partial charge in [0.15, 0.2) is 0 Å². The van der Waals surface area contributed by atoms with E-state index in [1.807, 2.05) is 74.5 Å². The first-order valence-electron chi connectivity index (χ1n) is 12.3. The van der Waals surface area contributed by atoms with Crippen molar-refractivity contribution in [2.45, 2.75) is 45.8 Å². The normalized spacial score (nSPS) is 12.9. The Bertz CT molecular complexity index is 1300. The maximum absolute atomic E-state index is 15.2. The van der Waals surface area contributed by atoms with Gasteiger partial charge in [0.05, 0.1) is 6.42 Å². The number of aryl methyl sites for hydroxylation is 2. The molecule has 0 fully saturated rings. The summed E-state index contributed by atoms with van der Waals surface area (Å²) in [6.07, 6.45) is -0.0954. The van der Waals surface area contributed by atoms with Crippen molar-refractivity contribution in [3.8, 4) is 11.1 Å². The van der Waals surface area contributed by atoms with Gasteiger partial charge in [0.1, 0.15) is 5.82 Å². The van der Waals surface area contributed by atoms with Gasteiger partial charge in [-0.1, -0.05) is 84.9 Å². The van der Waals surface area contributed by atoms with E-state index in [0.29, 0.717) is 12.1 Å². The Morgan fingerprint density at radius 3 is 2.06 bits per heavy atom. The van der Waals surface area contributed by atoms with E-state index >= 15 is 4.39 Å². The number of aliphatic carboxylic acids is 1. The third kappa shape index (κ3) is 5.72. The van der Waals surface area contributed by atoms with Gasteiger partial charge >= 0.3 is 5.97 Å². The minimum atomic E-state index is -0.892. The van der Waals surface area contributed by atoms with Gasteiger partial charge in [0.25, 0.3) is 0 Å². The maximum Gasteiger partial charge on any atom is 0.305 e. The highest BCUT2D eigenvalue weighted by Crippen LogP contribution is 2.38. The van der Waals surface area contributed by atoms with Crippen molar-refractivity contribution >= 4 is 5.97 Å². The molecule has 0 saturated heterocycles. The predicted molar refractivity (Wildman–Crippen MR) is 143 cm³/mol. The molecule has 4 rings (SSSR count). The average molecular weight is 482 g/mol. The maximum atomic E-state index is 15.2. The molecule has 184 valence electrons. The molecule has 3 nitrogen and oxygen atoms in total. The smallest absolute Gasteiger partial charge is 0.305 e. The zero-order chi connectivity index (χ0) is 25.7. The fourth-order valence-corrected chi connectivity index (χ4v) is 5.01. The van der Waals surface area contributed by atoms with Crippen LogP contribution in [0.2, 0.25) is 0 Å². The second-order valence-corrected chi connectivity index (χ2v) is 9.36. The SMILES string of the molecule is Cc1cccc(C)c1-c1cc([C@H](CC(=O)O)N(Cc2ccccc2)[C@H](C)c2ccccc2)ccc1F. The molecule has 1 N–H and O–H groups in total. The van der Waals surface area contributed by atoms with Gasteiger partial charge < -0.3 is 5.11 Å². The van der Waals surface area contributed by atoms with Crippen LogP contribution >= 0.6 is 0 Å². The molecule has 4 aromatic carbocycles. The first kappa shape index (κ1) is 25.3. The van der Waals surface area contributed by atoms with Crippen LogP contribution in [0, 0.1) is 19.7 Å². The van der Waals surface area contributed by atoms with Gasteiger partial charge in [0, 0.05) is 24.2 Å². The summed E-state index contributed by atoms with van der Waals surface area (Å²) in [5.41, 5.74) is 6.31. The Balaban J connectivity index is 1.85. The highest BCUT2D eigenvalue weighted by atomic mass is 19.1. The van der Waals surface area contributed by atoms with E-state index in [2.05, 4.69) is 36.1 Å². The highest BCUT2D eigenvalue weighted by Gasteiger charge is 2.29. The molecule has 0 unspecified atom stereocenters. The number of carboxylic acid groups (broad SMARTS) is 1. The van der Waals surface area contributed by atoms with E-state index in [9.17, 15) is 9.90 Å². The average Bonchev–Trinajstić information content (AvgIpc) is 2.88. The molecule has 0 radical (unpaired) electrons. The monoisotopic (exact) mass is 481 g/mol. The lowest BCUT2D eigenvalue weighted by Crippen LogP contribution is -2.32. The Kier molecular flexibility index (Phi) is 7.97. The molecular formula is C32H32FNO2. The third-order valence-electron chi connectivity index (χ3n) is 6.88. The van der Waals surface area contributed by atoms with E-state index in [1.54, 1.807) is 6.07 Å². The molecule has 0 aromatic heterocycles. The summed E-state index contributed by atoms with van der Waals surface area (Å²) in [5, 5.41) is 9.94. The van der Waals surface area contributed by atoms with Crippen LogP contribution in [-0.2, 0) is 11.3 Å². The van der Waals surface area contributed by atoms with Crippen LogP contribution in [0.5, 0.6) is 0 Å². The summed E-state index contributed by atoms with van der Waals surface area (Å²) in [6, 6.07) is 30.6. The molecule has 0 bridgehead atoms. The molecule has 0 spiro atoms. The van der Waals surface area contributed by atoms with Gasteiger partial charge in [-0.3, -0.25) is 9.69 Å². The van der Waals surface area contributed by atoms with Gasteiger partial charge in [-0.25, -0.2) is 4.39 Å². The van der Waals surface area contributed by atoms with Gasteiger partial charge in [-0.15, -0.1) is 0 Å². The van der Waals surface area contributed by atoms with Crippen molar-refractivity contribution in [2.24, 2.45) is 0 Å². The van der Waals surface area contributed by atoms with Crippen LogP contribution in [-0.4, -0.2) is 16.0 Å².